The van der Waals surface area contributed by atoms with Crippen molar-refractivity contribution in [3.63, 3.8) is 0 Å². The van der Waals surface area contributed by atoms with E-state index in [2.05, 4.69) is 24.5 Å². The molecule has 0 aliphatic heterocycles. The van der Waals surface area contributed by atoms with E-state index in [1.165, 1.54) is 12.1 Å². The van der Waals surface area contributed by atoms with Crippen molar-refractivity contribution in [2.45, 2.75) is 52.8 Å². The number of halogens is 2. The highest BCUT2D eigenvalue weighted by Crippen LogP contribution is 2.16. The van der Waals surface area contributed by atoms with Crippen molar-refractivity contribution in [1.82, 2.24) is 10.6 Å². The first kappa shape index (κ1) is 19.7. The van der Waals surface area contributed by atoms with Gasteiger partial charge in [-0.25, -0.2) is 9.18 Å². The molecule has 0 aliphatic rings. The molecule has 4 nitrogen and oxygen atoms in total. The molecule has 2 N–H and O–H groups in total. The quantitative estimate of drug-likeness (QED) is 0.816. The Morgan fingerprint density at radius 1 is 1.35 bits per heavy atom. The van der Waals surface area contributed by atoms with Gasteiger partial charge in [0.15, 0.2) is 0 Å². The minimum Gasteiger partial charge on any atom is -0.444 e. The Bertz CT molecular complexity index is 530. The van der Waals surface area contributed by atoms with Crippen LogP contribution in [0.1, 0.15) is 40.2 Å². The van der Waals surface area contributed by atoms with Crippen molar-refractivity contribution in [2.75, 3.05) is 6.54 Å². The summed E-state index contributed by atoms with van der Waals surface area (Å²) in [5, 5.41) is 6.19. The van der Waals surface area contributed by atoms with Gasteiger partial charge in [-0.3, -0.25) is 0 Å². The molecule has 1 unspecified atom stereocenters. The van der Waals surface area contributed by atoms with Crippen molar-refractivity contribution >= 4 is 17.7 Å². The van der Waals surface area contributed by atoms with E-state index < -0.39 is 17.5 Å². The van der Waals surface area contributed by atoms with E-state index in [1.807, 2.05) is 20.8 Å². The first-order valence-corrected chi connectivity index (χ1v) is 8.10. The third-order valence-corrected chi connectivity index (χ3v) is 3.53. The van der Waals surface area contributed by atoms with E-state index in [4.69, 9.17) is 16.3 Å². The second kappa shape index (κ2) is 8.50. The molecular weight excluding hydrogens is 319 g/mol. The van der Waals surface area contributed by atoms with Crippen molar-refractivity contribution in [1.29, 1.82) is 0 Å². The van der Waals surface area contributed by atoms with Crippen LogP contribution in [0.4, 0.5) is 9.18 Å². The molecular formula is C17H26ClFN2O2. The summed E-state index contributed by atoms with van der Waals surface area (Å²) in [4.78, 5) is 11.7. The maximum atomic E-state index is 13.4. The number of benzene rings is 1. The summed E-state index contributed by atoms with van der Waals surface area (Å²) in [6.07, 6.45) is -0.442. The Kier molecular flexibility index (Phi) is 7.29. The lowest BCUT2D eigenvalue weighted by Crippen LogP contribution is -2.45. The summed E-state index contributed by atoms with van der Waals surface area (Å²) in [6, 6.07) is 4.77. The van der Waals surface area contributed by atoms with Crippen LogP contribution in [0.2, 0.25) is 5.02 Å². The maximum absolute atomic E-state index is 13.4. The number of hydrogen-bond donors (Lipinski definition) is 2. The van der Waals surface area contributed by atoms with Crippen LogP contribution in [0.25, 0.3) is 0 Å². The summed E-state index contributed by atoms with van der Waals surface area (Å²) < 4.78 is 18.7. The minimum absolute atomic E-state index is 0.0428. The zero-order chi connectivity index (χ0) is 17.6. The third kappa shape index (κ3) is 7.66. The van der Waals surface area contributed by atoms with E-state index in [0.717, 1.165) is 5.56 Å². The lowest BCUT2D eigenvalue weighted by molar-refractivity contribution is 0.0519. The zero-order valence-corrected chi connectivity index (χ0v) is 15.1. The van der Waals surface area contributed by atoms with Gasteiger partial charge in [0, 0.05) is 19.1 Å². The number of nitrogens with one attached hydrogen (secondary N) is 2. The van der Waals surface area contributed by atoms with Crippen molar-refractivity contribution in [3.8, 4) is 0 Å². The molecule has 1 amide bonds. The average molecular weight is 345 g/mol. The fraction of sp³-hybridized carbons (Fsp3) is 0.588. The average Bonchev–Trinajstić information content (AvgIpc) is 2.40. The van der Waals surface area contributed by atoms with Crippen LogP contribution in [-0.4, -0.2) is 24.3 Å². The summed E-state index contributed by atoms with van der Waals surface area (Å²) >= 11 is 5.67. The van der Waals surface area contributed by atoms with E-state index in [1.54, 1.807) is 6.07 Å². The standard InChI is InChI=1S/C17H26ClFN2O2/c1-11(2)15(10-21-16(22)23-17(3,4)5)20-9-12-6-7-13(18)14(19)8-12/h6-8,11,15,20H,9-10H2,1-5H3,(H,21,22). The van der Waals surface area contributed by atoms with Crippen LogP contribution in [0, 0.1) is 11.7 Å². The third-order valence-electron chi connectivity index (χ3n) is 3.22. The molecule has 23 heavy (non-hydrogen) atoms. The molecule has 6 heteroatoms. The van der Waals surface area contributed by atoms with Crippen LogP contribution >= 0.6 is 11.6 Å². The molecule has 0 bridgehead atoms. The fourth-order valence-electron chi connectivity index (χ4n) is 1.95. The summed E-state index contributed by atoms with van der Waals surface area (Å²) in [6.45, 7) is 10.5. The second-order valence-corrected chi connectivity index (χ2v) is 7.27. The molecule has 1 atom stereocenters. The van der Waals surface area contributed by atoms with Crippen LogP contribution in [0.15, 0.2) is 18.2 Å². The number of amides is 1. The Labute approximate surface area is 142 Å². The molecule has 1 aromatic carbocycles. The van der Waals surface area contributed by atoms with E-state index in [9.17, 15) is 9.18 Å². The summed E-state index contributed by atoms with van der Waals surface area (Å²) in [7, 11) is 0. The summed E-state index contributed by atoms with van der Waals surface area (Å²) in [5.41, 5.74) is 0.279. The lowest BCUT2D eigenvalue weighted by atomic mass is 10.0. The first-order valence-electron chi connectivity index (χ1n) is 7.72. The van der Waals surface area contributed by atoms with Gasteiger partial charge in [-0.1, -0.05) is 31.5 Å². The molecule has 0 radical (unpaired) electrons. The van der Waals surface area contributed by atoms with Gasteiger partial charge >= 0.3 is 6.09 Å². The lowest BCUT2D eigenvalue weighted by Gasteiger charge is -2.25. The van der Waals surface area contributed by atoms with Gasteiger partial charge in [0.1, 0.15) is 11.4 Å². The summed E-state index contributed by atoms with van der Waals surface area (Å²) in [5.74, 6) is -0.138. The largest absolute Gasteiger partial charge is 0.444 e. The smallest absolute Gasteiger partial charge is 0.407 e. The monoisotopic (exact) mass is 344 g/mol. The molecule has 1 aromatic rings. The Morgan fingerprint density at radius 3 is 2.52 bits per heavy atom. The number of alkyl carbamates (subject to hydrolysis) is 1. The molecule has 0 fully saturated rings. The van der Waals surface area contributed by atoms with Crippen LogP contribution in [-0.2, 0) is 11.3 Å². The SMILES string of the molecule is CC(C)C(CNC(=O)OC(C)(C)C)NCc1ccc(Cl)c(F)c1. The highest BCUT2D eigenvalue weighted by atomic mass is 35.5. The molecule has 0 aromatic heterocycles. The number of ether oxygens (including phenoxy) is 1. The molecule has 130 valence electrons. The Balaban J connectivity index is 2.52. The number of carbonyl (C=O) groups is 1. The van der Waals surface area contributed by atoms with Gasteiger partial charge in [-0.05, 0) is 44.4 Å². The van der Waals surface area contributed by atoms with Crippen molar-refractivity contribution in [2.24, 2.45) is 5.92 Å². The molecule has 0 heterocycles. The van der Waals surface area contributed by atoms with Gasteiger partial charge in [-0.2, -0.15) is 0 Å². The van der Waals surface area contributed by atoms with Gasteiger partial charge in [-0.15, -0.1) is 0 Å². The van der Waals surface area contributed by atoms with Gasteiger partial charge < -0.3 is 15.4 Å². The van der Waals surface area contributed by atoms with Gasteiger partial charge in [0.25, 0.3) is 0 Å². The maximum Gasteiger partial charge on any atom is 0.407 e. The Morgan fingerprint density at radius 2 is 2.00 bits per heavy atom. The molecule has 0 saturated carbocycles. The van der Waals surface area contributed by atoms with Gasteiger partial charge in [0.05, 0.1) is 5.02 Å². The number of rotatable bonds is 6. The zero-order valence-electron chi connectivity index (χ0n) is 14.4. The van der Waals surface area contributed by atoms with Crippen LogP contribution in [0.3, 0.4) is 0 Å². The van der Waals surface area contributed by atoms with E-state index in [-0.39, 0.29) is 11.1 Å². The minimum atomic E-state index is -0.522. The van der Waals surface area contributed by atoms with Crippen LogP contribution in [0.5, 0.6) is 0 Å². The molecule has 1 rings (SSSR count). The Hall–Kier alpha value is -1.33. The molecule has 0 spiro atoms. The fourth-order valence-corrected chi connectivity index (χ4v) is 2.07. The highest BCUT2D eigenvalue weighted by molar-refractivity contribution is 6.30. The predicted molar refractivity (Wildman–Crippen MR) is 91.1 cm³/mol. The second-order valence-electron chi connectivity index (χ2n) is 6.86. The molecule has 0 aliphatic carbocycles. The number of hydrogen-bond acceptors (Lipinski definition) is 3. The number of carbonyl (C=O) groups excluding carboxylic acids is 1. The normalized spacial score (nSPS) is 13.0. The van der Waals surface area contributed by atoms with E-state index in [0.29, 0.717) is 19.0 Å². The topological polar surface area (TPSA) is 50.4 Å². The van der Waals surface area contributed by atoms with Crippen molar-refractivity contribution < 1.29 is 13.9 Å². The van der Waals surface area contributed by atoms with Crippen molar-refractivity contribution in [3.05, 3.63) is 34.6 Å². The van der Waals surface area contributed by atoms with Gasteiger partial charge in [0.2, 0.25) is 0 Å². The first-order chi connectivity index (χ1) is 10.6. The predicted octanol–water partition coefficient (Wildman–Crippen LogP) is 4.12. The van der Waals surface area contributed by atoms with Crippen LogP contribution < -0.4 is 10.6 Å². The highest BCUT2D eigenvalue weighted by Gasteiger charge is 2.19. The van der Waals surface area contributed by atoms with E-state index >= 15 is 0 Å². The molecule has 0 saturated heterocycles.